The van der Waals surface area contributed by atoms with Crippen LogP contribution in [0.1, 0.15) is 92.9 Å². The van der Waals surface area contributed by atoms with Crippen LogP contribution in [0.3, 0.4) is 0 Å². The minimum Gasteiger partial charge on any atom is -0.460 e. The van der Waals surface area contributed by atoms with E-state index >= 15 is 0 Å². The molecule has 22 heavy (non-hydrogen) atoms. The van der Waals surface area contributed by atoms with Crippen molar-refractivity contribution in [2.45, 2.75) is 104 Å². The highest BCUT2D eigenvalue weighted by Gasteiger charge is 2.22. The average Bonchev–Trinajstić information content (AvgIpc) is 2.33. The van der Waals surface area contributed by atoms with Gasteiger partial charge in [-0.2, -0.15) is 0 Å². The molecule has 0 saturated heterocycles. The van der Waals surface area contributed by atoms with Crippen LogP contribution in [0.25, 0.3) is 0 Å². The second kappa shape index (κ2) is 9.86. The van der Waals surface area contributed by atoms with Crippen LogP contribution in [-0.4, -0.2) is 23.1 Å². The Balaban J connectivity index is 3.83. The Morgan fingerprint density at radius 3 is 1.91 bits per heavy atom. The maximum Gasteiger partial charge on any atom is 0.306 e. The smallest absolute Gasteiger partial charge is 0.306 e. The Labute approximate surface area is 135 Å². The molecule has 4 heteroatoms. The predicted octanol–water partition coefficient (Wildman–Crippen LogP) is 4.79. The molecule has 130 valence electrons. The molecule has 0 N–H and O–H groups in total. The summed E-state index contributed by atoms with van der Waals surface area (Å²) in [5.74, 6) is -0.358. The number of carbonyl (C=O) groups excluding carboxylic acids is 2. The molecule has 0 amide bonds. The lowest BCUT2D eigenvalue weighted by Crippen LogP contribution is -2.28. The van der Waals surface area contributed by atoms with Crippen molar-refractivity contribution in [3.8, 4) is 0 Å². The van der Waals surface area contributed by atoms with Crippen molar-refractivity contribution < 1.29 is 19.1 Å². The minimum atomic E-state index is -0.422. The Bertz CT molecular complexity index is 345. The number of unbranched alkanes of at least 4 members (excludes halogenated alkanes) is 3. The first kappa shape index (κ1) is 20.9. The molecular weight excluding hydrogens is 280 g/mol. The van der Waals surface area contributed by atoms with Gasteiger partial charge in [-0.3, -0.25) is 9.59 Å². The summed E-state index contributed by atoms with van der Waals surface area (Å²) in [7, 11) is 0. The van der Waals surface area contributed by atoms with Gasteiger partial charge in [-0.15, -0.1) is 0 Å². The Hall–Kier alpha value is -1.06. The van der Waals surface area contributed by atoms with Crippen LogP contribution >= 0.6 is 0 Å². The summed E-state index contributed by atoms with van der Waals surface area (Å²) < 4.78 is 10.8. The van der Waals surface area contributed by atoms with Crippen LogP contribution in [0, 0.1) is 0 Å². The number of hydrogen-bond acceptors (Lipinski definition) is 4. The van der Waals surface area contributed by atoms with E-state index < -0.39 is 5.60 Å². The quantitative estimate of drug-likeness (QED) is 0.406. The van der Waals surface area contributed by atoms with Gasteiger partial charge >= 0.3 is 11.9 Å². The summed E-state index contributed by atoms with van der Waals surface area (Å²) in [4.78, 5) is 22.8. The van der Waals surface area contributed by atoms with Gasteiger partial charge in [-0.25, -0.2) is 0 Å². The van der Waals surface area contributed by atoms with E-state index in [9.17, 15) is 9.59 Å². The lowest BCUT2D eigenvalue weighted by Gasteiger charge is -2.25. The number of rotatable bonds is 11. The van der Waals surface area contributed by atoms with E-state index in [1.165, 1.54) is 6.92 Å². The second-order valence-electron chi connectivity index (χ2n) is 7.25. The molecule has 0 aromatic rings. The van der Waals surface area contributed by atoms with Crippen molar-refractivity contribution in [3.63, 3.8) is 0 Å². The maximum absolute atomic E-state index is 11.8. The van der Waals surface area contributed by atoms with Gasteiger partial charge in [0, 0.05) is 13.3 Å². The van der Waals surface area contributed by atoms with Crippen molar-refractivity contribution in [1.82, 2.24) is 0 Å². The van der Waals surface area contributed by atoms with E-state index in [0.29, 0.717) is 6.42 Å². The van der Waals surface area contributed by atoms with Crippen molar-refractivity contribution in [3.05, 3.63) is 0 Å². The van der Waals surface area contributed by atoms with Gasteiger partial charge in [0.1, 0.15) is 11.2 Å². The van der Waals surface area contributed by atoms with E-state index in [0.717, 1.165) is 44.9 Å². The zero-order valence-corrected chi connectivity index (χ0v) is 15.3. The fraction of sp³-hybridized carbons (Fsp3) is 0.889. The third kappa shape index (κ3) is 11.6. The van der Waals surface area contributed by atoms with E-state index in [1.807, 2.05) is 27.7 Å². The van der Waals surface area contributed by atoms with Crippen LogP contribution in [0.2, 0.25) is 0 Å². The Morgan fingerprint density at radius 1 is 0.818 bits per heavy atom. The zero-order chi connectivity index (χ0) is 17.2. The second-order valence-corrected chi connectivity index (χ2v) is 7.25. The van der Waals surface area contributed by atoms with Crippen molar-refractivity contribution in [2.75, 3.05) is 0 Å². The highest BCUT2D eigenvalue weighted by molar-refractivity contribution is 5.69. The number of hydrogen-bond donors (Lipinski definition) is 0. The summed E-state index contributed by atoms with van der Waals surface area (Å²) in [6.45, 7) is 11.3. The van der Waals surface area contributed by atoms with Crippen LogP contribution < -0.4 is 0 Å². The van der Waals surface area contributed by atoms with Gasteiger partial charge in [0.15, 0.2) is 0 Å². The van der Waals surface area contributed by atoms with Gasteiger partial charge < -0.3 is 9.47 Å². The number of esters is 2. The monoisotopic (exact) mass is 314 g/mol. The van der Waals surface area contributed by atoms with Crippen LogP contribution in [0.5, 0.6) is 0 Å². The minimum absolute atomic E-state index is 0.111. The lowest BCUT2D eigenvalue weighted by atomic mass is 9.99. The lowest BCUT2D eigenvalue weighted by molar-refractivity contribution is -0.157. The molecule has 0 heterocycles. The molecule has 0 aromatic heterocycles. The highest BCUT2D eigenvalue weighted by Crippen LogP contribution is 2.21. The summed E-state index contributed by atoms with van der Waals surface area (Å²) in [5, 5.41) is 0. The molecule has 0 fully saturated rings. The van der Waals surface area contributed by atoms with E-state index in [2.05, 4.69) is 6.92 Å². The molecule has 0 bridgehead atoms. The van der Waals surface area contributed by atoms with Crippen LogP contribution in [0.15, 0.2) is 0 Å². The summed E-state index contributed by atoms with van der Waals surface area (Å²) >= 11 is 0. The molecule has 0 spiro atoms. The zero-order valence-electron chi connectivity index (χ0n) is 15.3. The molecule has 0 aliphatic rings. The summed E-state index contributed by atoms with van der Waals surface area (Å²) in [6.07, 6.45) is 7.06. The third-order valence-electron chi connectivity index (χ3n) is 3.60. The van der Waals surface area contributed by atoms with Gasteiger partial charge in [-0.05, 0) is 59.8 Å². The first-order chi connectivity index (χ1) is 10.1. The molecule has 0 atom stereocenters. The molecule has 0 unspecified atom stereocenters. The van der Waals surface area contributed by atoms with Crippen LogP contribution in [-0.2, 0) is 19.1 Å². The standard InChI is InChI=1S/C18H34O4/c1-7-8-13-18(5,6)22-16(20)12-10-9-11-14-17(3,4)21-15(2)19/h7-14H2,1-6H3. The number of carbonyl (C=O) groups is 2. The maximum atomic E-state index is 11.8. The average molecular weight is 314 g/mol. The van der Waals surface area contributed by atoms with Crippen molar-refractivity contribution in [2.24, 2.45) is 0 Å². The molecular formula is C18H34O4. The molecule has 0 saturated carbocycles. The SMILES string of the molecule is CCCCC(C)(C)OC(=O)CCCCCC(C)(C)OC(C)=O. The first-order valence-corrected chi connectivity index (χ1v) is 8.49. The molecule has 0 radical (unpaired) electrons. The fourth-order valence-electron chi connectivity index (χ4n) is 2.45. The largest absolute Gasteiger partial charge is 0.460 e. The van der Waals surface area contributed by atoms with E-state index in [1.54, 1.807) is 0 Å². The topological polar surface area (TPSA) is 52.6 Å². The number of ether oxygens (including phenoxy) is 2. The normalized spacial score (nSPS) is 12.1. The van der Waals surface area contributed by atoms with Crippen molar-refractivity contribution in [1.29, 1.82) is 0 Å². The Kier molecular flexibility index (Phi) is 9.38. The first-order valence-electron chi connectivity index (χ1n) is 8.49. The molecule has 0 aliphatic heterocycles. The molecule has 0 rings (SSSR count). The summed E-state index contributed by atoms with van der Waals surface area (Å²) in [6, 6.07) is 0. The van der Waals surface area contributed by atoms with Crippen LogP contribution in [0.4, 0.5) is 0 Å². The third-order valence-corrected chi connectivity index (χ3v) is 3.60. The van der Waals surface area contributed by atoms with E-state index in [-0.39, 0.29) is 17.5 Å². The van der Waals surface area contributed by atoms with Gasteiger partial charge in [0.2, 0.25) is 0 Å². The summed E-state index contributed by atoms with van der Waals surface area (Å²) in [5.41, 5.74) is -0.779. The predicted molar refractivity (Wildman–Crippen MR) is 88.6 cm³/mol. The van der Waals surface area contributed by atoms with Gasteiger partial charge in [0.05, 0.1) is 0 Å². The molecule has 0 aromatic carbocycles. The molecule has 4 nitrogen and oxygen atoms in total. The fourth-order valence-corrected chi connectivity index (χ4v) is 2.45. The highest BCUT2D eigenvalue weighted by atomic mass is 16.6. The molecule has 0 aliphatic carbocycles. The Morgan fingerprint density at radius 2 is 1.36 bits per heavy atom. The van der Waals surface area contributed by atoms with Crippen molar-refractivity contribution >= 4 is 11.9 Å². The van der Waals surface area contributed by atoms with E-state index in [4.69, 9.17) is 9.47 Å². The van der Waals surface area contributed by atoms with Gasteiger partial charge in [-0.1, -0.05) is 19.8 Å². The van der Waals surface area contributed by atoms with Gasteiger partial charge in [0.25, 0.3) is 0 Å².